The lowest BCUT2D eigenvalue weighted by Crippen LogP contribution is -1.83. The maximum atomic E-state index is 4.89. The maximum Gasteiger partial charge on any atom is 0.172 e. The fourth-order valence-corrected chi connectivity index (χ4v) is 1.49. The van der Waals surface area contributed by atoms with Crippen molar-refractivity contribution in [2.75, 3.05) is 0 Å². The van der Waals surface area contributed by atoms with Gasteiger partial charge < -0.3 is 4.42 Å². The molecule has 0 atom stereocenters. The van der Waals surface area contributed by atoms with Crippen LogP contribution in [0.4, 0.5) is 0 Å². The summed E-state index contributed by atoms with van der Waals surface area (Å²) in [6.45, 7) is 2.25. The number of hydrogen-bond donors (Lipinski definition) is 0. The highest BCUT2D eigenvalue weighted by molar-refractivity contribution is 5.03. The van der Waals surface area contributed by atoms with Crippen molar-refractivity contribution in [2.24, 2.45) is 0 Å². The summed E-state index contributed by atoms with van der Waals surface area (Å²) in [5.74, 6) is 0. The molecule has 1 nitrogen and oxygen atoms in total. The van der Waals surface area contributed by atoms with E-state index in [1.54, 1.807) is 6.26 Å². The first-order valence-corrected chi connectivity index (χ1v) is 5.37. The van der Waals surface area contributed by atoms with Crippen LogP contribution in [0.15, 0.2) is 16.7 Å². The van der Waals surface area contributed by atoms with Crippen LogP contribution in [0, 0.1) is 6.26 Å². The minimum Gasteiger partial charge on any atom is -0.461 e. The third-order valence-electron chi connectivity index (χ3n) is 2.33. The molecule has 0 fully saturated rings. The van der Waals surface area contributed by atoms with E-state index in [1.807, 2.05) is 6.07 Å². The molecule has 0 saturated heterocycles. The van der Waals surface area contributed by atoms with Crippen molar-refractivity contribution in [1.29, 1.82) is 0 Å². The number of rotatable bonds is 7. The van der Waals surface area contributed by atoms with Gasteiger partial charge in [0, 0.05) is 5.56 Å². The summed E-state index contributed by atoms with van der Waals surface area (Å²) < 4.78 is 4.89. The molecule has 1 aromatic heterocycles. The Morgan fingerprint density at radius 3 is 2.62 bits per heavy atom. The third kappa shape index (κ3) is 4.76. The molecular formula is C12H19O. The normalized spacial score (nSPS) is 10.5. The van der Waals surface area contributed by atoms with Gasteiger partial charge >= 0.3 is 0 Å². The number of hydrogen-bond acceptors (Lipinski definition) is 1. The molecule has 0 spiro atoms. The lowest BCUT2D eigenvalue weighted by molar-refractivity contribution is 0.551. The van der Waals surface area contributed by atoms with E-state index < -0.39 is 0 Å². The Hall–Kier alpha value is -0.720. The molecule has 0 N–H and O–H groups in total. The lowest BCUT2D eigenvalue weighted by Gasteiger charge is -1.98. The molecule has 1 radical (unpaired) electrons. The van der Waals surface area contributed by atoms with Gasteiger partial charge in [0.05, 0.1) is 6.26 Å². The predicted molar refractivity (Wildman–Crippen MR) is 54.6 cm³/mol. The zero-order chi connectivity index (χ0) is 9.36. The van der Waals surface area contributed by atoms with E-state index in [0.29, 0.717) is 0 Å². The molecule has 0 aliphatic heterocycles. The quantitative estimate of drug-likeness (QED) is 0.577. The van der Waals surface area contributed by atoms with Crippen LogP contribution in [-0.4, -0.2) is 0 Å². The average molecular weight is 179 g/mol. The molecule has 0 aliphatic rings. The van der Waals surface area contributed by atoms with Crippen LogP contribution in [-0.2, 0) is 6.42 Å². The van der Waals surface area contributed by atoms with Crippen molar-refractivity contribution in [3.63, 3.8) is 0 Å². The van der Waals surface area contributed by atoms with E-state index in [4.69, 9.17) is 4.42 Å². The number of unbranched alkanes of at least 4 members (excludes halogenated alkanes) is 5. The van der Waals surface area contributed by atoms with Crippen molar-refractivity contribution in [3.8, 4) is 0 Å². The molecule has 0 aliphatic carbocycles. The van der Waals surface area contributed by atoms with Gasteiger partial charge in [-0.05, 0) is 18.9 Å². The summed E-state index contributed by atoms with van der Waals surface area (Å²) in [5.41, 5.74) is 1.22. The second-order valence-electron chi connectivity index (χ2n) is 3.57. The Bertz CT molecular complexity index is 189. The molecule has 1 aromatic rings. The van der Waals surface area contributed by atoms with Gasteiger partial charge in [0.1, 0.15) is 0 Å². The molecule has 0 saturated carbocycles. The van der Waals surface area contributed by atoms with Crippen LogP contribution in [0.25, 0.3) is 0 Å². The van der Waals surface area contributed by atoms with Crippen LogP contribution in [0.1, 0.15) is 51.0 Å². The van der Waals surface area contributed by atoms with Gasteiger partial charge in [-0.15, -0.1) is 0 Å². The summed E-state index contributed by atoms with van der Waals surface area (Å²) in [4.78, 5) is 0. The minimum atomic E-state index is 1.13. The Kier molecular flexibility index (Phi) is 5.39. The molecule has 73 valence electrons. The van der Waals surface area contributed by atoms with Gasteiger partial charge in [0.2, 0.25) is 0 Å². The lowest BCUT2D eigenvalue weighted by atomic mass is 10.1. The topological polar surface area (TPSA) is 13.1 Å². The highest BCUT2D eigenvalue weighted by Crippen LogP contribution is 2.09. The van der Waals surface area contributed by atoms with Crippen molar-refractivity contribution >= 4 is 0 Å². The maximum absolute atomic E-state index is 4.89. The standard InChI is InChI=1S/C12H19O/c1-2-3-4-5-6-7-8-12-9-10-13-11-12/h9-10H,2-8H2,1H3. The fourth-order valence-electron chi connectivity index (χ4n) is 1.49. The van der Waals surface area contributed by atoms with Crippen LogP contribution in [0.5, 0.6) is 0 Å². The van der Waals surface area contributed by atoms with E-state index >= 15 is 0 Å². The first-order valence-electron chi connectivity index (χ1n) is 5.37. The molecule has 0 unspecified atom stereocenters. The molecular weight excluding hydrogens is 160 g/mol. The Morgan fingerprint density at radius 1 is 1.15 bits per heavy atom. The highest BCUT2D eigenvalue weighted by Gasteiger charge is 1.95. The zero-order valence-corrected chi connectivity index (χ0v) is 8.51. The van der Waals surface area contributed by atoms with Crippen LogP contribution >= 0.6 is 0 Å². The first kappa shape index (κ1) is 10.4. The van der Waals surface area contributed by atoms with Gasteiger partial charge in [-0.1, -0.05) is 39.0 Å². The van der Waals surface area contributed by atoms with Crippen molar-refractivity contribution < 1.29 is 4.42 Å². The van der Waals surface area contributed by atoms with Crippen LogP contribution in [0.3, 0.4) is 0 Å². The molecule has 0 aromatic carbocycles. The predicted octanol–water partition coefficient (Wildman–Crippen LogP) is 3.98. The van der Waals surface area contributed by atoms with Crippen molar-refractivity contribution in [2.45, 2.75) is 51.9 Å². The van der Waals surface area contributed by atoms with Gasteiger partial charge in [-0.25, -0.2) is 0 Å². The molecule has 0 bridgehead atoms. The summed E-state index contributed by atoms with van der Waals surface area (Å²) in [6, 6.07) is 2.01. The molecule has 13 heavy (non-hydrogen) atoms. The SMILES string of the molecule is CCCCCCCCc1[c]occ1. The van der Waals surface area contributed by atoms with Gasteiger partial charge in [0.25, 0.3) is 0 Å². The Labute approximate surface area is 81.1 Å². The number of furan rings is 1. The molecule has 0 amide bonds. The first-order chi connectivity index (χ1) is 6.43. The highest BCUT2D eigenvalue weighted by atomic mass is 16.3. The van der Waals surface area contributed by atoms with Crippen molar-refractivity contribution in [3.05, 3.63) is 24.2 Å². The van der Waals surface area contributed by atoms with E-state index in [-0.39, 0.29) is 0 Å². The van der Waals surface area contributed by atoms with Crippen LogP contribution in [0.2, 0.25) is 0 Å². The molecule has 1 rings (SSSR count). The summed E-state index contributed by atoms with van der Waals surface area (Å²) in [6.07, 6.45) is 13.8. The summed E-state index contributed by atoms with van der Waals surface area (Å²) in [5, 5.41) is 0. The van der Waals surface area contributed by atoms with E-state index in [9.17, 15) is 0 Å². The summed E-state index contributed by atoms with van der Waals surface area (Å²) >= 11 is 0. The van der Waals surface area contributed by atoms with Gasteiger partial charge in [0.15, 0.2) is 6.26 Å². The largest absolute Gasteiger partial charge is 0.461 e. The Morgan fingerprint density at radius 2 is 1.92 bits per heavy atom. The average Bonchev–Trinajstić information content (AvgIpc) is 2.63. The monoisotopic (exact) mass is 179 g/mol. The van der Waals surface area contributed by atoms with Crippen molar-refractivity contribution in [1.82, 2.24) is 0 Å². The Balaban J connectivity index is 1.90. The van der Waals surface area contributed by atoms with Crippen LogP contribution < -0.4 is 0 Å². The zero-order valence-electron chi connectivity index (χ0n) is 8.51. The summed E-state index contributed by atoms with van der Waals surface area (Å²) in [7, 11) is 0. The fraction of sp³-hybridized carbons (Fsp3) is 0.667. The van der Waals surface area contributed by atoms with E-state index in [2.05, 4.69) is 13.2 Å². The smallest absolute Gasteiger partial charge is 0.172 e. The van der Waals surface area contributed by atoms with E-state index in [1.165, 1.54) is 44.1 Å². The minimum absolute atomic E-state index is 1.13. The second kappa shape index (κ2) is 6.76. The number of aryl methyl sites for hydroxylation is 1. The molecule has 1 heteroatoms. The second-order valence-corrected chi connectivity index (χ2v) is 3.57. The van der Waals surface area contributed by atoms with Gasteiger partial charge in [-0.2, -0.15) is 0 Å². The van der Waals surface area contributed by atoms with E-state index in [0.717, 1.165) is 6.42 Å². The van der Waals surface area contributed by atoms with Gasteiger partial charge in [-0.3, -0.25) is 0 Å². The third-order valence-corrected chi connectivity index (χ3v) is 2.33. The molecule has 1 heterocycles.